The van der Waals surface area contributed by atoms with Crippen molar-refractivity contribution in [3.8, 4) is 0 Å². The van der Waals surface area contributed by atoms with Crippen LogP contribution in [0.4, 0.5) is 5.00 Å². The molecule has 2 rings (SSSR count). The average molecular weight is 268 g/mol. The fourth-order valence-corrected chi connectivity index (χ4v) is 2.25. The zero-order chi connectivity index (χ0) is 13.1. The molecule has 3 N–H and O–H groups in total. The molecule has 1 aromatic rings. The Morgan fingerprint density at radius 2 is 2.22 bits per heavy atom. The Hall–Kier alpha value is -1.40. The molecular weight excluding hydrogens is 252 g/mol. The van der Waals surface area contributed by atoms with Gasteiger partial charge in [-0.05, 0) is 31.9 Å². The molecule has 1 aliphatic carbocycles. The summed E-state index contributed by atoms with van der Waals surface area (Å²) in [6.45, 7) is 1.63. The van der Waals surface area contributed by atoms with Crippen molar-refractivity contribution in [3.63, 3.8) is 0 Å². The van der Waals surface area contributed by atoms with Crippen LogP contribution in [-0.2, 0) is 4.79 Å². The number of thiophene rings is 1. The van der Waals surface area contributed by atoms with Gasteiger partial charge >= 0.3 is 0 Å². The van der Waals surface area contributed by atoms with Gasteiger partial charge in [-0.2, -0.15) is 0 Å². The van der Waals surface area contributed by atoms with E-state index in [9.17, 15) is 9.59 Å². The van der Waals surface area contributed by atoms with Gasteiger partial charge in [-0.3, -0.25) is 9.59 Å². The molecule has 1 saturated carbocycles. The second-order valence-electron chi connectivity index (χ2n) is 4.48. The van der Waals surface area contributed by atoms with E-state index < -0.39 is 0 Å². The second kappa shape index (κ2) is 5.49. The maximum atomic E-state index is 11.7. The lowest BCUT2D eigenvalue weighted by molar-refractivity contribution is -0.117. The second-order valence-corrected chi connectivity index (χ2v) is 5.57. The van der Waals surface area contributed by atoms with E-state index in [4.69, 9.17) is 5.11 Å². The van der Waals surface area contributed by atoms with Crippen LogP contribution in [0, 0.1) is 5.92 Å². The van der Waals surface area contributed by atoms with Crippen molar-refractivity contribution in [1.29, 1.82) is 0 Å². The highest BCUT2D eigenvalue weighted by molar-refractivity contribution is 7.18. The van der Waals surface area contributed by atoms with Crippen molar-refractivity contribution in [3.05, 3.63) is 17.0 Å². The molecule has 2 amide bonds. The minimum Gasteiger partial charge on any atom is -0.394 e. The van der Waals surface area contributed by atoms with Crippen LogP contribution in [0.15, 0.2) is 12.1 Å². The van der Waals surface area contributed by atoms with Crippen LogP contribution in [0.2, 0.25) is 0 Å². The highest BCUT2D eigenvalue weighted by atomic mass is 32.1. The van der Waals surface area contributed by atoms with Crippen molar-refractivity contribution in [1.82, 2.24) is 5.32 Å². The van der Waals surface area contributed by atoms with E-state index in [1.165, 1.54) is 11.3 Å². The Balaban J connectivity index is 1.92. The Bertz CT molecular complexity index is 454. The van der Waals surface area contributed by atoms with Crippen LogP contribution in [0.1, 0.15) is 29.4 Å². The van der Waals surface area contributed by atoms with E-state index in [0.29, 0.717) is 9.88 Å². The minimum absolute atomic E-state index is 0.0348. The highest BCUT2D eigenvalue weighted by Gasteiger charge is 2.29. The lowest BCUT2D eigenvalue weighted by Gasteiger charge is -2.08. The Morgan fingerprint density at radius 1 is 1.50 bits per heavy atom. The van der Waals surface area contributed by atoms with Crippen LogP contribution in [0.3, 0.4) is 0 Å². The van der Waals surface area contributed by atoms with Gasteiger partial charge < -0.3 is 15.7 Å². The third-order valence-corrected chi connectivity index (χ3v) is 3.68. The van der Waals surface area contributed by atoms with Crippen molar-refractivity contribution in [2.24, 2.45) is 5.92 Å². The van der Waals surface area contributed by atoms with Crippen molar-refractivity contribution >= 4 is 28.2 Å². The van der Waals surface area contributed by atoms with Crippen LogP contribution in [-0.4, -0.2) is 29.6 Å². The Labute approximate surface area is 109 Å². The largest absolute Gasteiger partial charge is 0.394 e. The first-order valence-corrected chi connectivity index (χ1v) is 6.74. The van der Waals surface area contributed by atoms with Gasteiger partial charge in [0, 0.05) is 12.0 Å². The first kappa shape index (κ1) is 13.0. The molecule has 1 aliphatic rings. The monoisotopic (exact) mass is 268 g/mol. The van der Waals surface area contributed by atoms with Gasteiger partial charge in [0.15, 0.2) is 0 Å². The molecule has 0 aliphatic heterocycles. The number of hydrogen-bond acceptors (Lipinski definition) is 4. The Kier molecular flexibility index (Phi) is 3.98. The zero-order valence-corrected chi connectivity index (χ0v) is 10.9. The van der Waals surface area contributed by atoms with Gasteiger partial charge in [0.25, 0.3) is 5.91 Å². The number of carbonyl (C=O) groups excluding carboxylic acids is 2. The normalized spacial score (nSPS) is 16.1. The summed E-state index contributed by atoms with van der Waals surface area (Å²) in [4.78, 5) is 23.8. The first-order chi connectivity index (χ1) is 8.60. The van der Waals surface area contributed by atoms with Crippen molar-refractivity contribution < 1.29 is 14.7 Å². The van der Waals surface area contributed by atoms with E-state index in [1.807, 2.05) is 0 Å². The predicted octanol–water partition coefficient (Wildman–Crippen LogP) is 1.21. The summed E-state index contributed by atoms with van der Waals surface area (Å²) >= 11 is 1.24. The third-order valence-electron chi connectivity index (χ3n) is 2.68. The maximum Gasteiger partial charge on any atom is 0.261 e. The summed E-state index contributed by atoms with van der Waals surface area (Å²) in [7, 11) is 0. The number of amides is 2. The zero-order valence-electron chi connectivity index (χ0n) is 10.1. The fraction of sp³-hybridized carbons (Fsp3) is 0.500. The van der Waals surface area contributed by atoms with E-state index in [1.54, 1.807) is 19.1 Å². The molecule has 98 valence electrons. The summed E-state index contributed by atoms with van der Waals surface area (Å²) in [6.07, 6.45) is 1.91. The topological polar surface area (TPSA) is 78.4 Å². The Morgan fingerprint density at radius 3 is 2.83 bits per heavy atom. The van der Waals surface area contributed by atoms with E-state index in [0.717, 1.165) is 12.8 Å². The number of rotatable bonds is 5. The van der Waals surface area contributed by atoms with Crippen LogP contribution in [0.25, 0.3) is 0 Å². The van der Waals surface area contributed by atoms with Gasteiger partial charge in [0.05, 0.1) is 16.5 Å². The molecule has 0 radical (unpaired) electrons. The smallest absolute Gasteiger partial charge is 0.261 e. The van der Waals surface area contributed by atoms with Gasteiger partial charge in [0.2, 0.25) is 5.91 Å². The molecule has 1 aromatic heterocycles. The lowest BCUT2D eigenvalue weighted by Crippen LogP contribution is -2.34. The van der Waals surface area contributed by atoms with Crippen LogP contribution >= 0.6 is 11.3 Å². The third kappa shape index (κ3) is 3.30. The number of anilines is 1. The minimum atomic E-state index is -0.274. The molecule has 5 nitrogen and oxygen atoms in total. The van der Waals surface area contributed by atoms with E-state index >= 15 is 0 Å². The molecule has 6 heteroatoms. The molecule has 1 heterocycles. The molecule has 18 heavy (non-hydrogen) atoms. The number of hydrogen-bond donors (Lipinski definition) is 3. The van der Waals surface area contributed by atoms with E-state index in [-0.39, 0.29) is 30.4 Å². The molecule has 1 unspecified atom stereocenters. The lowest BCUT2D eigenvalue weighted by atomic mass is 10.3. The molecule has 0 bridgehead atoms. The van der Waals surface area contributed by atoms with E-state index in [2.05, 4.69) is 10.6 Å². The van der Waals surface area contributed by atoms with Crippen LogP contribution in [0.5, 0.6) is 0 Å². The molecule has 0 saturated heterocycles. The van der Waals surface area contributed by atoms with Gasteiger partial charge in [-0.15, -0.1) is 11.3 Å². The number of nitrogens with one attached hydrogen (secondary N) is 2. The average Bonchev–Trinajstić information content (AvgIpc) is 3.10. The quantitative estimate of drug-likeness (QED) is 0.751. The molecule has 1 fully saturated rings. The maximum absolute atomic E-state index is 11.7. The number of aliphatic hydroxyl groups excluding tert-OH is 1. The first-order valence-electron chi connectivity index (χ1n) is 5.92. The predicted molar refractivity (Wildman–Crippen MR) is 69.7 cm³/mol. The molecule has 0 spiro atoms. The SMILES string of the molecule is CC(CO)NC(=O)c1ccc(NC(=O)C2CC2)s1. The molecule has 0 aromatic carbocycles. The summed E-state index contributed by atoms with van der Waals surface area (Å²) < 4.78 is 0. The van der Waals surface area contributed by atoms with Crippen molar-refractivity contribution in [2.75, 3.05) is 11.9 Å². The molecular formula is C12H16N2O3S. The van der Waals surface area contributed by atoms with Gasteiger partial charge in [0.1, 0.15) is 0 Å². The van der Waals surface area contributed by atoms with Crippen molar-refractivity contribution in [2.45, 2.75) is 25.8 Å². The molecule has 1 atom stereocenters. The summed E-state index contributed by atoms with van der Waals surface area (Å²) in [5.41, 5.74) is 0. The summed E-state index contributed by atoms with van der Waals surface area (Å²) in [6, 6.07) is 3.12. The number of carbonyl (C=O) groups is 2. The number of aliphatic hydroxyl groups is 1. The standard InChI is InChI=1S/C12H16N2O3S/c1-7(6-15)13-12(17)9-4-5-10(18-9)14-11(16)8-2-3-8/h4-5,7-8,15H,2-3,6H2,1H3,(H,13,17)(H,14,16). The summed E-state index contributed by atoms with van der Waals surface area (Å²) in [5.74, 6) is -0.0419. The fourth-order valence-electron chi connectivity index (χ4n) is 1.44. The highest BCUT2D eigenvalue weighted by Crippen LogP contribution is 2.31. The van der Waals surface area contributed by atoms with Gasteiger partial charge in [-0.1, -0.05) is 0 Å². The summed E-state index contributed by atoms with van der Waals surface area (Å²) in [5, 5.41) is 15.0. The van der Waals surface area contributed by atoms with Crippen LogP contribution < -0.4 is 10.6 Å². The van der Waals surface area contributed by atoms with Gasteiger partial charge in [-0.25, -0.2) is 0 Å².